The number of benzene rings is 3. The third-order valence-electron chi connectivity index (χ3n) is 4.04. The number of carbonyl (C=O) groups excluding carboxylic acids is 2. The highest BCUT2D eigenvalue weighted by atomic mass is 16.1. The van der Waals surface area contributed by atoms with Gasteiger partial charge in [0.15, 0.2) is 5.78 Å². The summed E-state index contributed by atoms with van der Waals surface area (Å²) < 4.78 is 0. The second-order valence-corrected chi connectivity index (χ2v) is 6.16. The minimum Gasteiger partial charge on any atom is -0.356 e. The Morgan fingerprint density at radius 3 is 1.65 bits per heavy atom. The van der Waals surface area contributed by atoms with Gasteiger partial charge in [0.05, 0.1) is 0 Å². The topological polar surface area (TPSA) is 58.2 Å². The Morgan fingerprint density at radius 1 is 0.654 bits per heavy atom. The molecule has 3 aromatic rings. The van der Waals surface area contributed by atoms with E-state index in [1.807, 2.05) is 67.6 Å². The minimum atomic E-state index is -0.134. The van der Waals surface area contributed by atoms with Crippen LogP contribution in [0.4, 0.5) is 17.1 Å². The number of hydrogen-bond donors (Lipinski definition) is 2. The quantitative estimate of drug-likeness (QED) is 0.626. The molecule has 1 amide bonds. The van der Waals surface area contributed by atoms with Gasteiger partial charge in [0.25, 0.3) is 5.91 Å². The van der Waals surface area contributed by atoms with Gasteiger partial charge >= 0.3 is 0 Å². The van der Waals surface area contributed by atoms with Crippen LogP contribution >= 0.6 is 0 Å². The molecule has 0 aromatic heterocycles. The zero-order chi connectivity index (χ0) is 18.5. The molecule has 0 atom stereocenters. The monoisotopic (exact) mass is 344 g/mol. The number of carbonyl (C=O) groups is 2. The SMILES string of the molecule is CC(=O)c1ccc(Nc2ccc(NC(=O)c3ccc(C)cc3)cc2)cc1. The van der Waals surface area contributed by atoms with Crippen molar-refractivity contribution in [3.8, 4) is 0 Å². The van der Waals surface area contributed by atoms with Crippen molar-refractivity contribution in [2.45, 2.75) is 13.8 Å². The first-order chi connectivity index (χ1) is 12.5. The average molecular weight is 344 g/mol. The van der Waals surface area contributed by atoms with Crippen molar-refractivity contribution >= 4 is 28.8 Å². The van der Waals surface area contributed by atoms with Crippen LogP contribution in [-0.2, 0) is 0 Å². The summed E-state index contributed by atoms with van der Waals surface area (Å²) in [6.07, 6.45) is 0. The smallest absolute Gasteiger partial charge is 0.255 e. The number of aryl methyl sites for hydroxylation is 1. The van der Waals surface area contributed by atoms with Crippen LogP contribution in [0.3, 0.4) is 0 Å². The van der Waals surface area contributed by atoms with Crippen molar-refractivity contribution in [1.29, 1.82) is 0 Å². The Bertz CT molecular complexity index is 912. The number of ketones is 1. The fourth-order valence-electron chi connectivity index (χ4n) is 2.50. The van der Waals surface area contributed by atoms with E-state index in [0.717, 1.165) is 22.6 Å². The largest absolute Gasteiger partial charge is 0.356 e. The Kier molecular flexibility index (Phi) is 5.13. The van der Waals surface area contributed by atoms with Crippen molar-refractivity contribution in [3.05, 3.63) is 89.5 Å². The standard InChI is InChI=1S/C22H20N2O2/c1-15-3-5-18(6-4-15)22(26)24-21-13-11-20(12-14-21)23-19-9-7-17(8-10-19)16(2)25/h3-14,23H,1-2H3,(H,24,26). The molecule has 0 saturated heterocycles. The zero-order valence-corrected chi connectivity index (χ0v) is 14.7. The van der Waals surface area contributed by atoms with E-state index in [1.54, 1.807) is 19.1 Å². The first-order valence-corrected chi connectivity index (χ1v) is 8.37. The van der Waals surface area contributed by atoms with Gasteiger partial charge in [0.2, 0.25) is 0 Å². The van der Waals surface area contributed by atoms with Crippen molar-refractivity contribution in [1.82, 2.24) is 0 Å². The molecule has 0 saturated carbocycles. The lowest BCUT2D eigenvalue weighted by Gasteiger charge is -2.09. The van der Waals surface area contributed by atoms with Crippen molar-refractivity contribution in [2.24, 2.45) is 0 Å². The molecule has 0 aliphatic heterocycles. The summed E-state index contributed by atoms with van der Waals surface area (Å²) in [6.45, 7) is 3.53. The first kappa shape index (κ1) is 17.4. The van der Waals surface area contributed by atoms with Gasteiger partial charge in [0, 0.05) is 28.2 Å². The number of Topliss-reactive ketones (excluding diaryl/α,β-unsaturated/α-hetero) is 1. The maximum absolute atomic E-state index is 12.2. The summed E-state index contributed by atoms with van der Waals surface area (Å²) >= 11 is 0. The highest BCUT2D eigenvalue weighted by Gasteiger charge is 2.06. The Labute approximate surface area is 152 Å². The molecule has 4 heteroatoms. The van der Waals surface area contributed by atoms with Crippen molar-refractivity contribution < 1.29 is 9.59 Å². The molecule has 0 bridgehead atoms. The lowest BCUT2D eigenvalue weighted by Crippen LogP contribution is -2.11. The molecule has 0 fully saturated rings. The number of rotatable bonds is 5. The zero-order valence-electron chi connectivity index (χ0n) is 14.7. The summed E-state index contributed by atoms with van der Waals surface area (Å²) in [5, 5.41) is 6.15. The maximum Gasteiger partial charge on any atom is 0.255 e. The van der Waals surface area contributed by atoms with Crippen LogP contribution in [0.2, 0.25) is 0 Å². The van der Waals surface area contributed by atoms with E-state index in [4.69, 9.17) is 0 Å². The van der Waals surface area contributed by atoms with E-state index in [2.05, 4.69) is 10.6 Å². The molecule has 26 heavy (non-hydrogen) atoms. The van der Waals surface area contributed by atoms with E-state index in [0.29, 0.717) is 11.1 Å². The van der Waals surface area contributed by atoms with Crippen molar-refractivity contribution in [3.63, 3.8) is 0 Å². The predicted octanol–water partition coefficient (Wildman–Crippen LogP) is 5.19. The van der Waals surface area contributed by atoms with E-state index in [1.165, 1.54) is 0 Å². The second-order valence-electron chi connectivity index (χ2n) is 6.16. The fourth-order valence-corrected chi connectivity index (χ4v) is 2.50. The highest BCUT2D eigenvalue weighted by molar-refractivity contribution is 6.04. The van der Waals surface area contributed by atoms with E-state index in [-0.39, 0.29) is 11.7 Å². The lowest BCUT2D eigenvalue weighted by atomic mass is 10.1. The van der Waals surface area contributed by atoms with Gasteiger partial charge in [-0.25, -0.2) is 0 Å². The molecule has 0 aliphatic carbocycles. The molecular weight excluding hydrogens is 324 g/mol. The summed E-state index contributed by atoms with van der Waals surface area (Å²) in [5.41, 5.74) is 4.95. The fraction of sp³-hybridized carbons (Fsp3) is 0.0909. The van der Waals surface area contributed by atoms with Crippen molar-refractivity contribution in [2.75, 3.05) is 10.6 Å². The Morgan fingerprint density at radius 2 is 1.12 bits per heavy atom. The third-order valence-corrected chi connectivity index (χ3v) is 4.04. The molecule has 0 heterocycles. The number of hydrogen-bond acceptors (Lipinski definition) is 3. The van der Waals surface area contributed by atoms with Gasteiger partial charge in [-0.1, -0.05) is 17.7 Å². The summed E-state index contributed by atoms with van der Waals surface area (Å²) in [7, 11) is 0. The molecular formula is C22H20N2O2. The van der Waals surface area contributed by atoms with Gasteiger partial charge in [-0.2, -0.15) is 0 Å². The van der Waals surface area contributed by atoms with E-state index in [9.17, 15) is 9.59 Å². The van der Waals surface area contributed by atoms with Crippen LogP contribution in [0.25, 0.3) is 0 Å². The third kappa shape index (κ3) is 4.36. The van der Waals surface area contributed by atoms with Gasteiger partial charge in [-0.15, -0.1) is 0 Å². The molecule has 3 rings (SSSR count). The molecule has 0 radical (unpaired) electrons. The highest BCUT2D eigenvalue weighted by Crippen LogP contribution is 2.20. The second kappa shape index (κ2) is 7.66. The van der Waals surface area contributed by atoms with Crippen LogP contribution in [0.1, 0.15) is 33.2 Å². The van der Waals surface area contributed by atoms with Gasteiger partial charge < -0.3 is 10.6 Å². The summed E-state index contributed by atoms with van der Waals surface area (Å²) in [4.78, 5) is 23.5. The summed E-state index contributed by atoms with van der Waals surface area (Å²) in [5.74, 6) is -0.0873. The molecule has 0 spiro atoms. The molecule has 0 aliphatic rings. The molecule has 2 N–H and O–H groups in total. The maximum atomic E-state index is 12.2. The Hall–Kier alpha value is -3.40. The van der Waals surface area contributed by atoms with Crippen LogP contribution < -0.4 is 10.6 Å². The van der Waals surface area contributed by atoms with E-state index < -0.39 is 0 Å². The number of anilines is 3. The van der Waals surface area contributed by atoms with Gasteiger partial charge in [0.1, 0.15) is 0 Å². The van der Waals surface area contributed by atoms with Gasteiger partial charge in [-0.05, 0) is 74.5 Å². The average Bonchev–Trinajstić information content (AvgIpc) is 2.64. The van der Waals surface area contributed by atoms with Crippen LogP contribution in [0.5, 0.6) is 0 Å². The number of amides is 1. The van der Waals surface area contributed by atoms with Crippen LogP contribution in [-0.4, -0.2) is 11.7 Å². The predicted molar refractivity (Wildman–Crippen MR) is 105 cm³/mol. The molecule has 130 valence electrons. The van der Waals surface area contributed by atoms with Gasteiger partial charge in [-0.3, -0.25) is 9.59 Å². The van der Waals surface area contributed by atoms with Crippen LogP contribution in [0, 0.1) is 6.92 Å². The molecule has 3 aromatic carbocycles. The first-order valence-electron chi connectivity index (χ1n) is 8.37. The molecule has 0 unspecified atom stereocenters. The number of nitrogens with one attached hydrogen (secondary N) is 2. The van der Waals surface area contributed by atoms with E-state index >= 15 is 0 Å². The Balaban J connectivity index is 1.63. The van der Waals surface area contributed by atoms with Crippen LogP contribution in [0.15, 0.2) is 72.8 Å². The normalized spacial score (nSPS) is 10.2. The summed E-state index contributed by atoms with van der Waals surface area (Å²) in [6, 6.07) is 22.2. The molecule has 4 nitrogen and oxygen atoms in total. The minimum absolute atomic E-state index is 0.0465. The lowest BCUT2D eigenvalue weighted by molar-refractivity contribution is 0.101.